The maximum absolute atomic E-state index is 12.0. The van der Waals surface area contributed by atoms with Crippen LogP contribution in [0.2, 0.25) is 5.15 Å². The number of carbonyl (C=O) groups excluding carboxylic acids is 1. The monoisotopic (exact) mass is 374 g/mol. The lowest BCUT2D eigenvalue weighted by Gasteiger charge is -2.05. The molecule has 2 aromatic rings. The zero-order valence-electron chi connectivity index (χ0n) is 9.02. The predicted octanol–water partition coefficient (Wildman–Crippen LogP) is 2.57. The molecule has 0 atom stereocenters. The second-order valence-corrected chi connectivity index (χ2v) is 5.09. The molecule has 0 unspecified atom stereocenters. The molecule has 92 valence electrons. The second kappa shape index (κ2) is 5.49. The van der Waals surface area contributed by atoms with Gasteiger partial charge < -0.3 is 11.1 Å². The van der Waals surface area contributed by atoms with E-state index in [1.165, 1.54) is 12.4 Å². The van der Waals surface area contributed by atoms with Crippen LogP contribution in [0.3, 0.4) is 0 Å². The fraction of sp³-hybridized carbons (Fsp3) is 0. The van der Waals surface area contributed by atoms with Gasteiger partial charge in [0.05, 0.1) is 0 Å². The molecular formula is C11H8ClIN4O. The molecule has 0 aliphatic carbocycles. The number of amides is 1. The van der Waals surface area contributed by atoms with Gasteiger partial charge in [-0.2, -0.15) is 0 Å². The fourth-order valence-corrected chi connectivity index (χ4v) is 2.18. The third kappa shape index (κ3) is 3.30. The van der Waals surface area contributed by atoms with Gasteiger partial charge in [0.2, 0.25) is 0 Å². The number of rotatable bonds is 2. The zero-order chi connectivity index (χ0) is 13.1. The lowest BCUT2D eigenvalue weighted by atomic mass is 10.2. The summed E-state index contributed by atoms with van der Waals surface area (Å²) in [5, 5.41) is 2.89. The summed E-state index contributed by atoms with van der Waals surface area (Å²) in [6.45, 7) is 0. The summed E-state index contributed by atoms with van der Waals surface area (Å²) in [5.41, 5.74) is 6.68. The third-order valence-electron chi connectivity index (χ3n) is 2.06. The SMILES string of the molecule is Nc1cc(I)cc(C(=O)Nc2cc(Cl)ncn2)c1. The summed E-state index contributed by atoms with van der Waals surface area (Å²) in [4.78, 5) is 19.6. The minimum absolute atomic E-state index is 0.266. The van der Waals surface area contributed by atoms with E-state index in [0.29, 0.717) is 17.1 Å². The number of carbonyl (C=O) groups is 1. The summed E-state index contributed by atoms with van der Waals surface area (Å²) in [6, 6.07) is 6.57. The Morgan fingerprint density at radius 1 is 1.28 bits per heavy atom. The van der Waals surface area contributed by atoms with Crippen molar-refractivity contribution in [1.82, 2.24) is 9.97 Å². The van der Waals surface area contributed by atoms with Crippen LogP contribution in [-0.2, 0) is 0 Å². The van der Waals surface area contributed by atoms with Crippen molar-refractivity contribution < 1.29 is 4.79 Å². The molecule has 1 aromatic carbocycles. The summed E-state index contributed by atoms with van der Waals surface area (Å²) >= 11 is 7.80. The van der Waals surface area contributed by atoms with Crippen LogP contribution in [0.5, 0.6) is 0 Å². The quantitative estimate of drug-likeness (QED) is 0.481. The normalized spacial score (nSPS) is 10.1. The average molecular weight is 375 g/mol. The molecule has 0 saturated carbocycles. The molecule has 0 spiro atoms. The first kappa shape index (κ1) is 13.0. The highest BCUT2D eigenvalue weighted by atomic mass is 127. The smallest absolute Gasteiger partial charge is 0.256 e. The lowest BCUT2D eigenvalue weighted by molar-refractivity contribution is 0.102. The Balaban J connectivity index is 2.22. The molecular weight excluding hydrogens is 367 g/mol. The molecule has 0 aliphatic heterocycles. The van der Waals surface area contributed by atoms with Gasteiger partial charge in [0.25, 0.3) is 5.91 Å². The molecule has 7 heteroatoms. The number of nitrogens with two attached hydrogens (primary N) is 1. The van der Waals surface area contributed by atoms with Crippen molar-refractivity contribution in [3.63, 3.8) is 0 Å². The molecule has 2 rings (SSSR count). The Hall–Kier alpha value is -1.41. The standard InChI is InChI=1S/C11H8ClIN4O/c12-9-4-10(16-5-15-9)17-11(18)6-1-7(13)3-8(14)2-6/h1-5H,14H2,(H,15,16,17,18). The van der Waals surface area contributed by atoms with Crippen LogP contribution >= 0.6 is 34.2 Å². The number of aromatic nitrogens is 2. The minimum atomic E-state index is -0.296. The first-order chi connectivity index (χ1) is 8.54. The van der Waals surface area contributed by atoms with E-state index in [1.54, 1.807) is 18.2 Å². The van der Waals surface area contributed by atoms with Gasteiger partial charge in [-0.05, 0) is 40.8 Å². The van der Waals surface area contributed by atoms with Crippen molar-refractivity contribution in [3.8, 4) is 0 Å². The molecule has 5 nitrogen and oxygen atoms in total. The van der Waals surface area contributed by atoms with E-state index >= 15 is 0 Å². The molecule has 1 heterocycles. The van der Waals surface area contributed by atoms with Crippen molar-refractivity contribution in [2.24, 2.45) is 0 Å². The topological polar surface area (TPSA) is 80.9 Å². The molecule has 0 fully saturated rings. The van der Waals surface area contributed by atoms with Crippen LogP contribution in [0.1, 0.15) is 10.4 Å². The number of nitrogens with zero attached hydrogens (tertiary/aromatic N) is 2. The van der Waals surface area contributed by atoms with Crippen LogP contribution in [0.25, 0.3) is 0 Å². The molecule has 1 amide bonds. The average Bonchev–Trinajstić information content (AvgIpc) is 2.27. The van der Waals surface area contributed by atoms with Gasteiger partial charge >= 0.3 is 0 Å². The number of anilines is 2. The van der Waals surface area contributed by atoms with E-state index in [9.17, 15) is 4.79 Å². The maximum atomic E-state index is 12.0. The Labute approximate surface area is 122 Å². The predicted molar refractivity (Wildman–Crippen MR) is 78.6 cm³/mol. The largest absolute Gasteiger partial charge is 0.399 e. The fourth-order valence-electron chi connectivity index (χ4n) is 1.33. The van der Waals surface area contributed by atoms with Gasteiger partial charge in [0.15, 0.2) is 0 Å². The summed E-state index contributed by atoms with van der Waals surface area (Å²) in [5.74, 6) is 0.0485. The summed E-state index contributed by atoms with van der Waals surface area (Å²) in [6.07, 6.45) is 1.28. The third-order valence-corrected chi connectivity index (χ3v) is 2.89. The number of nitrogens with one attached hydrogen (secondary N) is 1. The van der Waals surface area contributed by atoms with Crippen LogP contribution < -0.4 is 11.1 Å². The number of nitrogen functional groups attached to an aromatic ring is 1. The van der Waals surface area contributed by atoms with E-state index in [0.717, 1.165) is 3.57 Å². The summed E-state index contributed by atoms with van der Waals surface area (Å²) in [7, 11) is 0. The molecule has 0 aliphatic rings. The summed E-state index contributed by atoms with van der Waals surface area (Å²) < 4.78 is 0.887. The van der Waals surface area contributed by atoms with Crippen LogP contribution in [0.15, 0.2) is 30.6 Å². The highest BCUT2D eigenvalue weighted by molar-refractivity contribution is 14.1. The highest BCUT2D eigenvalue weighted by Crippen LogP contribution is 2.16. The minimum Gasteiger partial charge on any atom is -0.399 e. The number of halogens is 2. The van der Waals surface area contributed by atoms with Gasteiger partial charge in [-0.1, -0.05) is 11.6 Å². The number of hydrogen-bond acceptors (Lipinski definition) is 4. The van der Waals surface area contributed by atoms with Gasteiger partial charge in [-0.3, -0.25) is 4.79 Å². The molecule has 0 radical (unpaired) electrons. The molecule has 3 N–H and O–H groups in total. The van der Waals surface area contributed by atoms with Gasteiger partial charge in [-0.25, -0.2) is 9.97 Å². The van der Waals surface area contributed by atoms with Crippen molar-refractivity contribution >= 4 is 51.6 Å². The Morgan fingerprint density at radius 2 is 2.06 bits per heavy atom. The van der Waals surface area contributed by atoms with Crippen LogP contribution in [0, 0.1) is 3.57 Å². The van der Waals surface area contributed by atoms with E-state index in [-0.39, 0.29) is 11.1 Å². The highest BCUT2D eigenvalue weighted by Gasteiger charge is 2.08. The maximum Gasteiger partial charge on any atom is 0.256 e. The Morgan fingerprint density at radius 3 is 2.72 bits per heavy atom. The van der Waals surface area contributed by atoms with Gasteiger partial charge in [-0.15, -0.1) is 0 Å². The number of benzene rings is 1. The first-order valence-corrected chi connectivity index (χ1v) is 6.35. The molecule has 0 saturated heterocycles. The molecule has 0 bridgehead atoms. The van der Waals surface area contributed by atoms with Crippen molar-refractivity contribution in [2.45, 2.75) is 0 Å². The first-order valence-electron chi connectivity index (χ1n) is 4.89. The Kier molecular flexibility index (Phi) is 3.97. The Bertz CT molecular complexity index is 585. The van der Waals surface area contributed by atoms with Crippen LogP contribution in [0.4, 0.5) is 11.5 Å². The number of hydrogen-bond donors (Lipinski definition) is 2. The lowest BCUT2D eigenvalue weighted by Crippen LogP contribution is -2.13. The van der Waals surface area contributed by atoms with E-state index in [4.69, 9.17) is 17.3 Å². The van der Waals surface area contributed by atoms with E-state index < -0.39 is 0 Å². The van der Waals surface area contributed by atoms with Crippen molar-refractivity contribution in [1.29, 1.82) is 0 Å². The van der Waals surface area contributed by atoms with Crippen molar-refractivity contribution in [3.05, 3.63) is 44.9 Å². The van der Waals surface area contributed by atoms with Crippen LogP contribution in [-0.4, -0.2) is 15.9 Å². The van der Waals surface area contributed by atoms with Crippen molar-refractivity contribution in [2.75, 3.05) is 11.1 Å². The van der Waals surface area contributed by atoms with Gasteiger partial charge in [0, 0.05) is 20.9 Å². The molecule has 1 aromatic heterocycles. The second-order valence-electron chi connectivity index (χ2n) is 3.45. The van der Waals surface area contributed by atoms with E-state index in [1.807, 2.05) is 0 Å². The van der Waals surface area contributed by atoms with Gasteiger partial charge in [0.1, 0.15) is 17.3 Å². The zero-order valence-corrected chi connectivity index (χ0v) is 11.9. The van der Waals surface area contributed by atoms with E-state index in [2.05, 4.69) is 37.9 Å². The molecule has 18 heavy (non-hydrogen) atoms.